The third-order valence-corrected chi connectivity index (χ3v) is 4.78. The molecule has 1 unspecified atom stereocenters. The van der Waals surface area contributed by atoms with Crippen molar-refractivity contribution in [3.8, 4) is 11.4 Å². The van der Waals surface area contributed by atoms with Gasteiger partial charge in [-0.15, -0.1) is 0 Å². The van der Waals surface area contributed by atoms with Crippen molar-refractivity contribution in [1.82, 2.24) is 25.1 Å². The maximum absolute atomic E-state index is 10.9. The summed E-state index contributed by atoms with van der Waals surface area (Å²) < 4.78 is 0. The number of nitro benzene ring substituents is 1. The van der Waals surface area contributed by atoms with E-state index in [1.165, 1.54) is 12.1 Å². The molecule has 9 heteroatoms. The van der Waals surface area contributed by atoms with E-state index in [1.807, 2.05) is 50.2 Å². The van der Waals surface area contributed by atoms with Crippen molar-refractivity contribution in [1.29, 1.82) is 0 Å². The molecule has 0 bridgehead atoms. The second-order valence-corrected chi connectivity index (χ2v) is 6.99. The monoisotopic (exact) mass is 415 g/mol. The minimum absolute atomic E-state index is 0.0258. The van der Waals surface area contributed by atoms with Crippen LogP contribution in [-0.2, 0) is 6.42 Å². The molecule has 4 aromatic rings. The molecule has 9 nitrogen and oxygen atoms in total. The van der Waals surface area contributed by atoms with Crippen LogP contribution < -0.4 is 5.32 Å². The van der Waals surface area contributed by atoms with Gasteiger partial charge in [-0.05, 0) is 31.0 Å². The van der Waals surface area contributed by atoms with Crippen LogP contribution in [-0.4, -0.2) is 30.1 Å². The van der Waals surface area contributed by atoms with Crippen LogP contribution in [0.15, 0.2) is 60.7 Å². The Bertz CT molecular complexity index is 1190. The third-order valence-electron chi connectivity index (χ3n) is 4.78. The Kier molecular flexibility index (Phi) is 5.65. The fourth-order valence-electron chi connectivity index (χ4n) is 3.19. The number of rotatable bonds is 7. The highest BCUT2D eigenvalue weighted by Crippen LogP contribution is 2.26. The highest BCUT2D eigenvalue weighted by atomic mass is 16.6. The molecule has 2 aromatic heterocycles. The second kappa shape index (κ2) is 8.70. The maximum atomic E-state index is 10.9. The quantitative estimate of drug-likeness (QED) is 0.342. The highest BCUT2D eigenvalue weighted by molar-refractivity contribution is 5.60. The molecular weight excluding hydrogens is 394 g/mol. The molecular formula is C22H21N7O2. The lowest BCUT2D eigenvalue weighted by atomic mass is 10.1. The zero-order valence-electron chi connectivity index (χ0n) is 17.1. The summed E-state index contributed by atoms with van der Waals surface area (Å²) in [7, 11) is 0. The molecule has 2 heterocycles. The lowest BCUT2D eigenvalue weighted by Gasteiger charge is -2.18. The molecule has 4 rings (SSSR count). The molecule has 2 N–H and O–H groups in total. The van der Waals surface area contributed by atoms with Gasteiger partial charge in [-0.1, -0.05) is 37.3 Å². The first-order chi connectivity index (χ1) is 15.0. The van der Waals surface area contributed by atoms with E-state index in [0.29, 0.717) is 29.5 Å². The van der Waals surface area contributed by atoms with Crippen molar-refractivity contribution in [2.45, 2.75) is 26.3 Å². The number of benzene rings is 2. The Balaban J connectivity index is 1.72. The number of hydrogen-bond acceptors (Lipinski definition) is 7. The summed E-state index contributed by atoms with van der Waals surface area (Å²) in [6.07, 6.45) is 0.715. The minimum Gasteiger partial charge on any atom is -0.356 e. The van der Waals surface area contributed by atoms with Gasteiger partial charge in [0.2, 0.25) is 0 Å². The number of nitrogens with zero attached hydrogens (tertiary/aromatic N) is 5. The molecule has 0 fully saturated rings. The maximum Gasteiger partial charge on any atom is 0.269 e. The summed E-state index contributed by atoms with van der Waals surface area (Å²) in [4.78, 5) is 24.3. The van der Waals surface area contributed by atoms with Crippen LogP contribution in [0, 0.1) is 17.0 Å². The fraction of sp³-hybridized carbons (Fsp3) is 0.182. The van der Waals surface area contributed by atoms with Crippen LogP contribution >= 0.6 is 0 Å². The van der Waals surface area contributed by atoms with Crippen LogP contribution in [0.4, 0.5) is 11.5 Å². The van der Waals surface area contributed by atoms with E-state index in [1.54, 1.807) is 12.1 Å². The average Bonchev–Trinajstić information content (AvgIpc) is 3.23. The van der Waals surface area contributed by atoms with E-state index in [0.717, 1.165) is 17.1 Å². The van der Waals surface area contributed by atoms with Gasteiger partial charge in [0.15, 0.2) is 11.6 Å². The summed E-state index contributed by atoms with van der Waals surface area (Å²) in [5.41, 5.74) is 2.57. The molecule has 156 valence electrons. The van der Waals surface area contributed by atoms with Gasteiger partial charge in [-0.3, -0.25) is 15.2 Å². The predicted molar refractivity (Wildman–Crippen MR) is 117 cm³/mol. The van der Waals surface area contributed by atoms with Crippen LogP contribution in [0.2, 0.25) is 0 Å². The topological polar surface area (TPSA) is 123 Å². The Morgan fingerprint density at radius 3 is 2.42 bits per heavy atom. The summed E-state index contributed by atoms with van der Waals surface area (Å²) in [5, 5.41) is 21.6. The summed E-state index contributed by atoms with van der Waals surface area (Å²) in [5.74, 6) is 2.45. The number of anilines is 1. The van der Waals surface area contributed by atoms with E-state index < -0.39 is 4.92 Å². The SMILES string of the molecule is CCc1cc(NC(c2ccccc2)c2n[nH]c(C)n2)nc(-c2ccc([N+](=O)[O-])cc2)n1. The number of non-ortho nitro benzene ring substituents is 1. The average molecular weight is 415 g/mol. The first kappa shape index (κ1) is 20.1. The first-order valence-electron chi connectivity index (χ1n) is 9.86. The second-order valence-electron chi connectivity index (χ2n) is 6.99. The van der Waals surface area contributed by atoms with Crippen LogP contribution in [0.25, 0.3) is 11.4 Å². The molecule has 0 spiro atoms. The number of nitrogens with one attached hydrogen (secondary N) is 2. The molecule has 0 aliphatic carbocycles. The highest BCUT2D eigenvalue weighted by Gasteiger charge is 2.20. The largest absolute Gasteiger partial charge is 0.356 e. The smallest absolute Gasteiger partial charge is 0.269 e. The number of nitro groups is 1. The van der Waals surface area contributed by atoms with Gasteiger partial charge in [0.25, 0.3) is 5.69 Å². The standard InChI is InChI=1S/C22H21N7O2/c1-3-17-13-19(26-21(24-17)16-9-11-18(12-10-16)29(30)31)25-20(15-7-5-4-6-8-15)22-23-14(2)27-28-22/h4-13,20H,3H2,1-2H3,(H,23,27,28)(H,24,25,26). The zero-order chi connectivity index (χ0) is 21.8. The van der Waals surface area contributed by atoms with E-state index >= 15 is 0 Å². The number of aromatic amines is 1. The summed E-state index contributed by atoms with van der Waals surface area (Å²) in [6, 6.07) is 17.7. The van der Waals surface area contributed by atoms with Gasteiger partial charge >= 0.3 is 0 Å². The summed E-state index contributed by atoms with van der Waals surface area (Å²) >= 11 is 0. The predicted octanol–water partition coefficient (Wildman–Crippen LogP) is 4.24. The molecule has 2 aromatic carbocycles. The van der Waals surface area contributed by atoms with Crippen molar-refractivity contribution < 1.29 is 4.92 Å². The Labute approximate surface area is 178 Å². The molecule has 0 aliphatic rings. The van der Waals surface area contributed by atoms with Crippen LogP contribution in [0.1, 0.15) is 35.9 Å². The van der Waals surface area contributed by atoms with E-state index in [9.17, 15) is 10.1 Å². The van der Waals surface area contributed by atoms with Crippen molar-refractivity contribution in [2.24, 2.45) is 0 Å². The first-order valence-corrected chi connectivity index (χ1v) is 9.86. The van der Waals surface area contributed by atoms with Gasteiger partial charge in [0.05, 0.1) is 4.92 Å². The number of hydrogen-bond donors (Lipinski definition) is 2. The van der Waals surface area contributed by atoms with Crippen molar-refractivity contribution in [3.05, 3.63) is 93.7 Å². The Hall–Kier alpha value is -4.14. The van der Waals surface area contributed by atoms with E-state index in [2.05, 4.69) is 30.5 Å². The van der Waals surface area contributed by atoms with E-state index in [4.69, 9.17) is 0 Å². The van der Waals surface area contributed by atoms with Gasteiger partial charge < -0.3 is 5.32 Å². The van der Waals surface area contributed by atoms with Gasteiger partial charge in [0.1, 0.15) is 17.7 Å². The molecule has 0 radical (unpaired) electrons. The zero-order valence-corrected chi connectivity index (χ0v) is 17.1. The number of aryl methyl sites for hydroxylation is 2. The van der Waals surface area contributed by atoms with Gasteiger partial charge in [-0.2, -0.15) is 5.10 Å². The van der Waals surface area contributed by atoms with Crippen molar-refractivity contribution in [2.75, 3.05) is 5.32 Å². The Morgan fingerprint density at radius 2 is 1.81 bits per heavy atom. The van der Waals surface area contributed by atoms with Crippen LogP contribution in [0.3, 0.4) is 0 Å². The lowest BCUT2D eigenvalue weighted by Crippen LogP contribution is -2.16. The molecule has 1 atom stereocenters. The fourth-order valence-corrected chi connectivity index (χ4v) is 3.19. The number of H-pyrrole nitrogens is 1. The van der Waals surface area contributed by atoms with Gasteiger partial charge in [0, 0.05) is 29.5 Å². The number of aromatic nitrogens is 5. The lowest BCUT2D eigenvalue weighted by molar-refractivity contribution is -0.384. The molecule has 0 saturated heterocycles. The minimum atomic E-state index is -0.427. The van der Waals surface area contributed by atoms with Crippen molar-refractivity contribution in [3.63, 3.8) is 0 Å². The molecule has 0 amide bonds. The molecule has 0 aliphatic heterocycles. The van der Waals surface area contributed by atoms with Gasteiger partial charge in [-0.25, -0.2) is 15.0 Å². The third kappa shape index (κ3) is 4.55. The summed E-state index contributed by atoms with van der Waals surface area (Å²) in [6.45, 7) is 3.87. The van der Waals surface area contributed by atoms with E-state index in [-0.39, 0.29) is 11.7 Å². The van der Waals surface area contributed by atoms with Crippen molar-refractivity contribution >= 4 is 11.5 Å². The normalized spacial score (nSPS) is 11.8. The molecule has 0 saturated carbocycles. The Morgan fingerprint density at radius 1 is 1.06 bits per heavy atom. The molecule has 31 heavy (non-hydrogen) atoms. The van der Waals surface area contributed by atoms with Crippen LogP contribution in [0.5, 0.6) is 0 Å².